The van der Waals surface area contributed by atoms with Gasteiger partial charge in [0.2, 0.25) is 5.91 Å². The van der Waals surface area contributed by atoms with Crippen LogP contribution in [-0.4, -0.2) is 41.6 Å². The zero-order valence-electron chi connectivity index (χ0n) is 9.25. The lowest BCUT2D eigenvalue weighted by atomic mass is 10.1. The van der Waals surface area contributed by atoms with Crippen molar-refractivity contribution in [3.05, 3.63) is 0 Å². The molecule has 1 rings (SSSR count). The number of hydrogen-bond acceptors (Lipinski definition) is 3. The molecule has 1 amide bonds. The first-order valence-corrected chi connectivity index (χ1v) is 6.40. The van der Waals surface area contributed by atoms with Crippen LogP contribution < -0.4 is 5.32 Å². The van der Waals surface area contributed by atoms with Crippen molar-refractivity contribution in [1.82, 2.24) is 10.2 Å². The molecule has 0 radical (unpaired) electrons. The van der Waals surface area contributed by atoms with Gasteiger partial charge in [0, 0.05) is 24.7 Å². The molecule has 1 saturated heterocycles. The molecule has 1 fully saturated rings. The van der Waals surface area contributed by atoms with E-state index in [0.29, 0.717) is 6.04 Å². The first-order chi connectivity index (χ1) is 6.66. The van der Waals surface area contributed by atoms with Crippen LogP contribution in [0.3, 0.4) is 0 Å². The standard InChI is InChI=1S/C10H20N2OS/c1-4-5-8(2)12(3)10(13)9-6-14-7-11-9/h8-9,11H,4-7H2,1-3H3. The molecule has 2 unspecified atom stereocenters. The van der Waals surface area contributed by atoms with Crippen molar-refractivity contribution < 1.29 is 4.79 Å². The Hall–Kier alpha value is -0.220. The van der Waals surface area contributed by atoms with Crippen LogP contribution in [0.2, 0.25) is 0 Å². The number of nitrogens with zero attached hydrogens (tertiary/aromatic N) is 1. The van der Waals surface area contributed by atoms with Crippen LogP contribution in [0.25, 0.3) is 0 Å². The third kappa shape index (κ3) is 2.89. The number of thioether (sulfide) groups is 1. The maximum absolute atomic E-state index is 11.9. The van der Waals surface area contributed by atoms with Gasteiger partial charge < -0.3 is 4.90 Å². The first-order valence-electron chi connectivity index (χ1n) is 5.24. The topological polar surface area (TPSA) is 32.3 Å². The highest BCUT2D eigenvalue weighted by Gasteiger charge is 2.27. The predicted molar refractivity (Wildman–Crippen MR) is 61.4 cm³/mol. The second-order valence-electron chi connectivity index (χ2n) is 3.86. The molecule has 0 aromatic carbocycles. The minimum Gasteiger partial charge on any atom is -0.342 e. The molecule has 14 heavy (non-hydrogen) atoms. The quantitative estimate of drug-likeness (QED) is 0.768. The summed E-state index contributed by atoms with van der Waals surface area (Å²) in [7, 11) is 1.91. The van der Waals surface area contributed by atoms with E-state index < -0.39 is 0 Å². The number of hydrogen-bond donors (Lipinski definition) is 1. The van der Waals surface area contributed by atoms with E-state index in [0.717, 1.165) is 24.5 Å². The van der Waals surface area contributed by atoms with Crippen LogP contribution in [0.4, 0.5) is 0 Å². The fourth-order valence-electron chi connectivity index (χ4n) is 1.63. The van der Waals surface area contributed by atoms with Gasteiger partial charge in [0.25, 0.3) is 0 Å². The van der Waals surface area contributed by atoms with E-state index in [-0.39, 0.29) is 11.9 Å². The van der Waals surface area contributed by atoms with Crippen LogP contribution in [0.1, 0.15) is 26.7 Å². The van der Waals surface area contributed by atoms with Gasteiger partial charge in [0.15, 0.2) is 0 Å². The van der Waals surface area contributed by atoms with Gasteiger partial charge in [-0.1, -0.05) is 13.3 Å². The summed E-state index contributed by atoms with van der Waals surface area (Å²) >= 11 is 1.79. The summed E-state index contributed by atoms with van der Waals surface area (Å²) in [6.45, 7) is 4.27. The third-order valence-electron chi connectivity index (χ3n) is 2.73. The van der Waals surface area contributed by atoms with Crippen molar-refractivity contribution in [2.75, 3.05) is 18.7 Å². The monoisotopic (exact) mass is 216 g/mol. The summed E-state index contributed by atoms with van der Waals surface area (Å²) in [5.74, 6) is 2.07. The molecule has 2 atom stereocenters. The molecule has 0 aromatic heterocycles. The van der Waals surface area contributed by atoms with Crippen molar-refractivity contribution in [3.63, 3.8) is 0 Å². The van der Waals surface area contributed by atoms with Crippen LogP contribution >= 0.6 is 11.8 Å². The minimum atomic E-state index is 0.0457. The van der Waals surface area contributed by atoms with Gasteiger partial charge >= 0.3 is 0 Å². The van der Waals surface area contributed by atoms with Crippen molar-refractivity contribution >= 4 is 17.7 Å². The maximum Gasteiger partial charge on any atom is 0.240 e. The lowest BCUT2D eigenvalue weighted by Gasteiger charge is -2.27. The largest absolute Gasteiger partial charge is 0.342 e. The van der Waals surface area contributed by atoms with Gasteiger partial charge in [-0.05, 0) is 13.3 Å². The summed E-state index contributed by atoms with van der Waals surface area (Å²) in [5.41, 5.74) is 0. The number of carbonyl (C=O) groups is 1. The Labute approximate surface area is 90.6 Å². The van der Waals surface area contributed by atoms with E-state index in [2.05, 4.69) is 19.2 Å². The number of likely N-dealkylation sites (N-methyl/N-ethyl adjacent to an activating group) is 1. The Morgan fingerprint density at radius 3 is 2.93 bits per heavy atom. The predicted octanol–water partition coefficient (Wildman–Crippen LogP) is 1.30. The zero-order valence-corrected chi connectivity index (χ0v) is 10.1. The van der Waals surface area contributed by atoms with Crippen molar-refractivity contribution in [3.8, 4) is 0 Å². The summed E-state index contributed by atoms with van der Waals surface area (Å²) in [6.07, 6.45) is 2.22. The Bertz CT molecular complexity index is 193. The summed E-state index contributed by atoms with van der Waals surface area (Å²) in [6, 6.07) is 0.407. The normalized spacial score (nSPS) is 23.5. The molecule has 0 spiro atoms. The molecular weight excluding hydrogens is 196 g/mol. The van der Waals surface area contributed by atoms with E-state index in [1.54, 1.807) is 11.8 Å². The van der Waals surface area contributed by atoms with E-state index in [9.17, 15) is 4.79 Å². The van der Waals surface area contributed by atoms with Crippen molar-refractivity contribution in [2.24, 2.45) is 0 Å². The van der Waals surface area contributed by atoms with E-state index in [1.165, 1.54) is 0 Å². The molecule has 1 aliphatic heterocycles. The highest BCUT2D eigenvalue weighted by molar-refractivity contribution is 7.99. The molecule has 3 nitrogen and oxygen atoms in total. The Morgan fingerprint density at radius 2 is 2.43 bits per heavy atom. The van der Waals surface area contributed by atoms with Crippen LogP contribution in [0.5, 0.6) is 0 Å². The smallest absolute Gasteiger partial charge is 0.240 e. The molecule has 1 N–H and O–H groups in total. The van der Waals surface area contributed by atoms with Crippen molar-refractivity contribution in [1.29, 1.82) is 0 Å². The Balaban J connectivity index is 2.42. The van der Waals surface area contributed by atoms with Gasteiger partial charge in [-0.2, -0.15) is 0 Å². The number of nitrogens with one attached hydrogen (secondary N) is 1. The second kappa shape index (κ2) is 5.61. The Kier molecular flexibility index (Phi) is 4.75. The van der Waals surface area contributed by atoms with E-state index in [1.807, 2.05) is 11.9 Å². The maximum atomic E-state index is 11.9. The second-order valence-corrected chi connectivity index (χ2v) is 4.89. The fourth-order valence-corrected chi connectivity index (χ4v) is 2.56. The fraction of sp³-hybridized carbons (Fsp3) is 0.900. The van der Waals surface area contributed by atoms with Crippen LogP contribution in [0, 0.1) is 0 Å². The molecule has 1 aliphatic rings. The van der Waals surface area contributed by atoms with E-state index >= 15 is 0 Å². The SMILES string of the molecule is CCCC(C)N(C)C(=O)C1CSCN1. The highest BCUT2D eigenvalue weighted by atomic mass is 32.2. The first kappa shape index (κ1) is 11.9. The highest BCUT2D eigenvalue weighted by Crippen LogP contribution is 2.13. The molecular formula is C10H20N2OS. The molecule has 82 valence electrons. The van der Waals surface area contributed by atoms with Gasteiger partial charge in [-0.15, -0.1) is 11.8 Å². The summed E-state index contributed by atoms with van der Waals surface area (Å²) < 4.78 is 0. The summed E-state index contributed by atoms with van der Waals surface area (Å²) in [5, 5.41) is 3.21. The van der Waals surface area contributed by atoms with Gasteiger partial charge in [-0.25, -0.2) is 0 Å². The van der Waals surface area contributed by atoms with Gasteiger partial charge in [0.1, 0.15) is 0 Å². The number of carbonyl (C=O) groups excluding carboxylic acids is 1. The number of rotatable bonds is 4. The average Bonchev–Trinajstić information content (AvgIpc) is 2.68. The van der Waals surface area contributed by atoms with Crippen LogP contribution in [0.15, 0.2) is 0 Å². The lowest BCUT2D eigenvalue weighted by Crippen LogP contribution is -2.46. The molecule has 0 aromatic rings. The molecule has 1 heterocycles. The minimum absolute atomic E-state index is 0.0457. The van der Waals surface area contributed by atoms with Gasteiger partial charge in [-0.3, -0.25) is 10.1 Å². The molecule has 0 bridgehead atoms. The van der Waals surface area contributed by atoms with Crippen LogP contribution in [-0.2, 0) is 4.79 Å². The third-order valence-corrected chi connectivity index (χ3v) is 3.67. The molecule has 0 aliphatic carbocycles. The number of amides is 1. The molecule has 0 saturated carbocycles. The van der Waals surface area contributed by atoms with E-state index in [4.69, 9.17) is 0 Å². The van der Waals surface area contributed by atoms with Crippen molar-refractivity contribution in [2.45, 2.75) is 38.8 Å². The van der Waals surface area contributed by atoms with Gasteiger partial charge in [0.05, 0.1) is 6.04 Å². The Morgan fingerprint density at radius 1 is 1.71 bits per heavy atom. The average molecular weight is 216 g/mol. The lowest BCUT2D eigenvalue weighted by molar-refractivity contribution is -0.133. The summed E-state index contributed by atoms with van der Waals surface area (Å²) in [4.78, 5) is 13.8. The zero-order chi connectivity index (χ0) is 10.6. The molecule has 4 heteroatoms.